The van der Waals surface area contributed by atoms with Crippen molar-refractivity contribution in [3.63, 3.8) is 0 Å². The molecule has 0 saturated carbocycles. The molecule has 66 valence electrons. The second kappa shape index (κ2) is 2.65. The number of amidine groups is 1. The minimum Gasteiger partial charge on any atom is -0.325 e. The zero-order chi connectivity index (χ0) is 8.60. The predicted molar refractivity (Wildman–Crippen MR) is 48.7 cm³/mol. The molecule has 2 heterocycles. The lowest BCUT2D eigenvalue weighted by atomic mass is 9.92. The highest BCUT2D eigenvalue weighted by Gasteiger charge is 2.43. The van der Waals surface area contributed by atoms with Crippen LogP contribution in [0.4, 0.5) is 4.79 Å². The molecule has 5 heteroatoms. The van der Waals surface area contributed by atoms with E-state index in [1.807, 2.05) is 11.8 Å². The molecular formula is C7H11N3OS. The van der Waals surface area contributed by atoms with E-state index in [2.05, 4.69) is 10.6 Å². The molecule has 0 aliphatic carbocycles. The summed E-state index contributed by atoms with van der Waals surface area (Å²) in [5.41, 5.74) is -0.345. The van der Waals surface area contributed by atoms with E-state index >= 15 is 0 Å². The normalized spacial score (nSPS) is 27.0. The lowest BCUT2D eigenvalue weighted by molar-refractivity contribution is 0.243. The predicted octanol–water partition coefficient (Wildman–Crippen LogP) is 0.542. The lowest BCUT2D eigenvalue weighted by Crippen LogP contribution is -2.49. The first-order valence-corrected chi connectivity index (χ1v) is 5.14. The van der Waals surface area contributed by atoms with Gasteiger partial charge in [-0.05, 0) is 24.3 Å². The van der Waals surface area contributed by atoms with Crippen molar-refractivity contribution in [2.75, 3.05) is 11.5 Å². The van der Waals surface area contributed by atoms with Crippen molar-refractivity contribution in [1.82, 2.24) is 10.6 Å². The Bertz CT molecular complexity index is 235. The van der Waals surface area contributed by atoms with Crippen LogP contribution in [0, 0.1) is 5.41 Å². The van der Waals surface area contributed by atoms with Gasteiger partial charge in [0.25, 0.3) is 0 Å². The number of rotatable bonds is 0. The highest BCUT2D eigenvalue weighted by Crippen LogP contribution is 2.29. The van der Waals surface area contributed by atoms with Crippen LogP contribution in [0.3, 0.4) is 0 Å². The second-order valence-corrected chi connectivity index (χ2v) is 4.37. The summed E-state index contributed by atoms with van der Waals surface area (Å²) in [6.45, 7) is 0. The summed E-state index contributed by atoms with van der Waals surface area (Å²) in [6.07, 6.45) is 1.77. The molecule has 2 fully saturated rings. The first-order valence-electron chi connectivity index (χ1n) is 3.99. The van der Waals surface area contributed by atoms with E-state index in [0.29, 0.717) is 5.84 Å². The number of nitrogens with one attached hydrogen (secondary N) is 3. The van der Waals surface area contributed by atoms with Crippen molar-refractivity contribution >= 4 is 23.6 Å². The van der Waals surface area contributed by atoms with Crippen molar-refractivity contribution < 1.29 is 4.79 Å². The van der Waals surface area contributed by atoms with Gasteiger partial charge in [-0.25, -0.2) is 4.79 Å². The number of hydrogen-bond donors (Lipinski definition) is 3. The fourth-order valence-electron chi connectivity index (χ4n) is 1.64. The molecule has 0 radical (unpaired) electrons. The summed E-state index contributed by atoms with van der Waals surface area (Å²) in [5, 5.41) is 13.0. The van der Waals surface area contributed by atoms with Gasteiger partial charge in [0.1, 0.15) is 11.4 Å². The summed E-state index contributed by atoms with van der Waals surface area (Å²) >= 11 is 1.88. The highest BCUT2D eigenvalue weighted by molar-refractivity contribution is 7.99. The van der Waals surface area contributed by atoms with Crippen molar-refractivity contribution in [3.05, 3.63) is 0 Å². The monoisotopic (exact) mass is 185 g/mol. The number of carbonyl (C=O) groups excluding carboxylic acids is 1. The van der Waals surface area contributed by atoms with E-state index < -0.39 is 0 Å². The van der Waals surface area contributed by atoms with Gasteiger partial charge >= 0.3 is 6.03 Å². The van der Waals surface area contributed by atoms with E-state index in [0.717, 1.165) is 24.3 Å². The molecule has 2 aliphatic rings. The van der Waals surface area contributed by atoms with Crippen LogP contribution in [0.25, 0.3) is 0 Å². The van der Waals surface area contributed by atoms with Crippen molar-refractivity contribution in [3.8, 4) is 0 Å². The number of amides is 2. The standard InChI is InChI=1S/C7H11N3OS/c8-5-7(10-6(11)9-5)1-3-12-4-2-7/h1-4H2,(H3,8,9,10,11). The molecule has 1 spiro atoms. The van der Waals surface area contributed by atoms with Gasteiger partial charge < -0.3 is 5.32 Å². The van der Waals surface area contributed by atoms with Crippen molar-refractivity contribution in [1.29, 1.82) is 5.41 Å². The van der Waals surface area contributed by atoms with Gasteiger partial charge in [0.15, 0.2) is 0 Å². The Kier molecular flexibility index (Phi) is 1.75. The molecule has 0 unspecified atom stereocenters. The van der Waals surface area contributed by atoms with Crippen LogP contribution in [-0.4, -0.2) is 28.9 Å². The quantitative estimate of drug-likeness (QED) is 0.516. The van der Waals surface area contributed by atoms with Gasteiger partial charge in [-0.3, -0.25) is 10.7 Å². The molecule has 2 saturated heterocycles. The van der Waals surface area contributed by atoms with Gasteiger partial charge in [0, 0.05) is 0 Å². The van der Waals surface area contributed by atoms with Crippen molar-refractivity contribution in [2.45, 2.75) is 18.4 Å². The summed E-state index contributed by atoms with van der Waals surface area (Å²) < 4.78 is 0. The number of hydrogen-bond acceptors (Lipinski definition) is 3. The SMILES string of the molecule is N=C1NC(=O)NC12CCSCC2. The molecule has 12 heavy (non-hydrogen) atoms. The Hall–Kier alpha value is -0.710. The third-order valence-corrected chi connectivity index (χ3v) is 3.40. The van der Waals surface area contributed by atoms with Crippen LogP contribution in [0.15, 0.2) is 0 Å². The molecule has 0 aromatic rings. The van der Waals surface area contributed by atoms with Gasteiger partial charge in [0.2, 0.25) is 0 Å². The summed E-state index contributed by atoms with van der Waals surface area (Å²) in [7, 11) is 0. The van der Waals surface area contributed by atoms with Crippen LogP contribution in [0.5, 0.6) is 0 Å². The Balaban J connectivity index is 2.18. The Labute approximate surface area is 75.0 Å². The number of urea groups is 1. The Morgan fingerprint density at radius 1 is 1.42 bits per heavy atom. The molecule has 2 rings (SSSR count). The molecule has 3 N–H and O–H groups in total. The summed E-state index contributed by atoms with van der Waals surface area (Å²) in [5.74, 6) is 2.42. The summed E-state index contributed by atoms with van der Waals surface area (Å²) in [4.78, 5) is 11.0. The molecule has 0 atom stereocenters. The lowest BCUT2D eigenvalue weighted by Gasteiger charge is -2.31. The van der Waals surface area contributed by atoms with E-state index in [1.165, 1.54) is 0 Å². The average molecular weight is 185 g/mol. The van der Waals surface area contributed by atoms with Crippen LogP contribution in [-0.2, 0) is 0 Å². The van der Waals surface area contributed by atoms with Crippen LogP contribution < -0.4 is 10.6 Å². The van der Waals surface area contributed by atoms with Gasteiger partial charge in [-0.1, -0.05) is 0 Å². The Morgan fingerprint density at radius 2 is 2.08 bits per heavy atom. The largest absolute Gasteiger partial charge is 0.325 e. The van der Waals surface area contributed by atoms with Gasteiger partial charge in [-0.2, -0.15) is 11.8 Å². The molecule has 4 nitrogen and oxygen atoms in total. The van der Waals surface area contributed by atoms with Crippen LogP contribution in [0.1, 0.15) is 12.8 Å². The molecule has 0 aromatic carbocycles. The summed E-state index contributed by atoms with van der Waals surface area (Å²) in [6, 6.07) is -0.216. The van der Waals surface area contributed by atoms with Gasteiger partial charge in [-0.15, -0.1) is 0 Å². The van der Waals surface area contributed by atoms with E-state index in [-0.39, 0.29) is 11.6 Å². The minimum atomic E-state index is -0.345. The molecule has 2 amide bonds. The smallest absolute Gasteiger partial charge is 0.321 e. The van der Waals surface area contributed by atoms with E-state index in [4.69, 9.17) is 5.41 Å². The van der Waals surface area contributed by atoms with Gasteiger partial charge in [0.05, 0.1) is 0 Å². The first kappa shape index (κ1) is 7.91. The van der Waals surface area contributed by atoms with Crippen molar-refractivity contribution in [2.24, 2.45) is 0 Å². The molecular weight excluding hydrogens is 174 g/mol. The Morgan fingerprint density at radius 3 is 2.58 bits per heavy atom. The maximum absolute atomic E-state index is 11.0. The van der Waals surface area contributed by atoms with E-state index in [9.17, 15) is 4.79 Å². The fourth-order valence-corrected chi connectivity index (χ4v) is 2.83. The third-order valence-electron chi connectivity index (χ3n) is 2.42. The molecule has 0 bridgehead atoms. The zero-order valence-corrected chi connectivity index (χ0v) is 7.46. The first-order chi connectivity index (χ1) is 5.73. The van der Waals surface area contributed by atoms with Crippen LogP contribution >= 0.6 is 11.8 Å². The zero-order valence-electron chi connectivity index (χ0n) is 6.64. The maximum Gasteiger partial charge on any atom is 0.321 e. The minimum absolute atomic E-state index is 0.216. The maximum atomic E-state index is 11.0. The highest BCUT2D eigenvalue weighted by atomic mass is 32.2. The number of carbonyl (C=O) groups is 1. The van der Waals surface area contributed by atoms with Crippen LogP contribution in [0.2, 0.25) is 0 Å². The topological polar surface area (TPSA) is 65.0 Å². The third kappa shape index (κ3) is 1.08. The average Bonchev–Trinajstić information content (AvgIpc) is 2.29. The second-order valence-electron chi connectivity index (χ2n) is 3.15. The molecule has 2 aliphatic heterocycles. The number of thioether (sulfide) groups is 1. The molecule has 0 aromatic heterocycles. The fraction of sp³-hybridized carbons (Fsp3) is 0.714. The van der Waals surface area contributed by atoms with E-state index in [1.54, 1.807) is 0 Å².